The van der Waals surface area contributed by atoms with Crippen molar-refractivity contribution in [3.63, 3.8) is 0 Å². The Balaban J connectivity index is 0.000000317. The molecule has 3 aliphatic rings. The number of benzene rings is 5. The Hall–Kier alpha value is -1.85. The fraction of sp³-hybridized carbons (Fsp3) is 0.312. The van der Waals surface area contributed by atoms with Crippen LogP contribution < -0.4 is 26.5 Å². The molecule has 1 aliphatic heterocycles. The Morgan fingerprint density at radius 2 is 0.893 bits per heavy atom. The predicted octanol–water partition coefficient (Wildman–Crippen LogP) is 11.9. The topological polar surface area (TPSA) is 21.6 Å². The SMILES string of the molecule is C1CCCC1.CC(C)[C@H]1COC(C2CCCC2[PH+](c2ccccc2)c2ccccc2)=N1.[CH3-].[CH3-].[Cl][Ru][Cl].[Fe+2].c1ccc([PH+](c2ccccc2)c2ccccc2)cc1. The molecule has 2 saturated carbocycles. The Kier molecular flexibility index (Phi) is 25.6. The van der Waals surface area contributed by atoms with E-state index in [9.17, 15) is 0 Å². The van der Waals surface area contributed by atoms with E-state index in [0.29, 0.717) is 23.5 Å². The van der Waals surface area contributed by atoms with Gasteiger partial charge in [-0.15, -0.1) is 0 Å². The number of hydrogen-bond donors (Lipinski definition) is 0. The number of hydrogen-bond acceptors (Lipinski definition) is 2. The molecule has 0 radical (unpaired) electrons. The van der Waals surface area contributed by atoms with Crippen molar-refractivity contribution in [1.82, 2.24) is 0 Å². The third-order valence-corrected chi connectivity index (χ3v) is 16.4. The minimum atomic E-state index is -0.877. The zero-order valence-corrected chi connectivity index (χ0v) is 39.8. The fourth-order valence-corrected chi connectivity index (χ4v) is 13.7. The molecule has 0 amide bonds. The third kappa shape index (κ3) is 15.4. The van der Waals surface area contributed by atoms with Gasteiger partial charge in [0.1, 0.15) is 22.5 Å². The van der Waals surface area contributed by atoms with Crippen LogP contribution in [0.25, 0.3) is 0 Å². The summed E-state index contributed by atoms with van der Waals surface area (Å²) in [5.41, 5.74) is 0.662. The summed E-state index contributed by atoms with van der Waals surface area (Å²) in [7, 11) is 7.97. The molecule has 0 aromatic heterocycles. The van der Waals surface area contributed by atoms with Crippen LogP contribution in [0.15, 0.2) is 157 Å². The van der Waals surface area contributed by atoms with Crippen LogP contribution in [0.5, 0.6) is 0 Å². The first-order chi connectivity index (χ1) is 26.1. The van der Waals surface area contributed by atoms with Gasteiger partial charge < -0.3 is 19.6 Å². The quantitative estimate of drug-likeness (QED) is 0.0863. The van der Waals surface area contributed by atoms with Crippen molar-refractivity contribution in [1.29, 1.82) is 0 Å². The van der Waals surface area contributed by atoms with E-state index >= 15 is 0 Å². The van der Waals surface area contributed by atoms with Crippen molar-refractivity contribution in [2.75, 3.05) is 6.61 Å². The van der Waals surface area contributed by atoms with Crippen LogP contribution in [0.4, 0.5) is 0 Å². The molecule has 3 atom stereocenters. The number of nitrogens with zero attached hydrogens (tertiary/aromatic N) is 1. The Morgan fingerprint density at radius 3 is 1.21 bits per heavy atom. The average Bonchev–Trinajstić information content (AvgIpc) is 4.03. The van der Waals surface area contributed by atoms with E-state index in [1.165, 1.54) is 77.9 Å². The summed E-state index contributed by atoms with van der Waals surface area (Å²) in [5, 5.41) is 7.33. The molecule has 0 spiro atoms. The summed E-state index contributed by atoms with van der Waals surface area (Å²) in [6, 6.07) is 55.1. The van der Waals surface area contributed by atoms with Crippen molar-refractivity contribution >= 4 is 67.6 Å². The minimum absolute atomic E-state index is 0. The molecule has 2 aliphatic carbocycles. The van der Waals surface area contributed by atoms with Crippen molar-refractivity contribution in [3.05, 3.63) is 167 Å². The molecule has 5 aromatic rings. The van der Waals surface area contributed by atoms with Crippen LogP contribution in [0.3, 0.4) is 0 Å². The maximum atomic E-state index is 6.13. The Bertz CT molecular complexity index is 1600. The number of ether oxygens (including phenoxy) is 1. The van der Waals surface area contributed by atoms with Gasteiger partial charge in [0.15, 0.2) is 5.90 Å². The van der Waals surface area contributed by atoms with Gasteiger partial charge in [-0.1, -0.05) is 137 Å². The second-order valence-corrected chi connectivity index (χ2v) is 22.0. The molecule has 8 rings (SSSR count). The van der Waals surface area contributed by atoms with E-state index in [4.69, 9.17) is 29.1 Å². The van der Waals surface area contributed by atoms with Gasteiger partial charge in [-0.05, 0) is 85.8 Å². The van der Waals surface area contributed by atoms with E-state index in [0.717, 1.165) is 12.5 Å². The van der Waals surface area contributed by atoms with E-state index < -0.39 is 15.8 Å². The van der Waals surface area contributed by atoms with Crippen LogP contribution in [-0.2, 0) is 37.0 Å². The van der Waals surface area contributed by atoms with Gasteiger partial charge in [0.2, 0.25) is 0 Å². The van der Waals surface area contributed by atoms with Gasteiger partial charge in [-0.3, -0.25) is 0 Å². The molecule has 0 saturated heterocycles. The first-order valence-corrected chi connectivity index (χ1v) is 26.7. The van der Waals surface area contributed by atoms with Gasteiger partial charge in [-0.2, -0.15) is 0 Å². The smallest absolute Gasteiger partial charge is 0.0620 e. The second-order valence-electron chi connectivity index (χ2n) is 14.2. The number of rotatable bonds is 8. The molecule has 8 heteroatoms. The van der Waals surface area contributed by atoms with Crippen molar-refractivity contribution in [2.45, 2.75) is 76.9 Å². The molecule has 5 aromatic carbocycles. The third-order valence-electron chi connectivity index (χ3n) is 10.3. The summed E-state index contributed by atoms with van der Waals surface area (Å²) in [4.78, 5) is 5.00. The largest absolute Gasteiger partial charge is 2.00 e. The molecule has 1 heterocycles. The van der Waals surface area contributed by atoms with Crippen LogP contribution in [0.1, 0.15) is 65.2 Å². The number of aliphatic imine (C=N–C) groups is 1. The van der Waals surface area contributed by atoms with Gasteiger partial charge in [0.05, 0.1) is 44.1 Å². The molecular weight excluding hydrogens is 896 g/mol. The maximum Gasteiger partial charge on any atom is 2.00 e. The molecule has 302 valence electrons. The van der Waals surface area contributed by atoms with Crippen molar-refractivity contribution < 1.29 is 37.0 Å². The summed E-state index contributed by atoms with van der Waals surface area (Å²) < 4.78 is 6.13. The summed E-state index contributed by atoms with van der Waals surface area (Å²) in [5.74, 6) is 2.11. The molecule has 2 nitrogen and oxygen atoms in total. The van der Waals surface area contributed by atoms with Crippen LogP contribution in [0, 0.1) is 26.7 Å². The van der Waals surface area contributed by atoms with Gasteiger partial charge in [-0.25, -0.2) is 4.99 Å². The summed E-state index contributed by atoms with van der Waals surface area (Å²) in [6.07, 6.45) is 11.3. The van der Waals surface area contributed by atoms with Crippen molar-refractivity contribution in [3.8, 4) is 0 Å². The molecule has 0 bridgehead atoms. The molecular formula is C48H61Cl2FeNOP2Ru+2. The number of halogens is 2. The molecule has 2 unspecified atom stereocenters. The van der Waals surface area contributed by atoms with E-state index in [2.05, 4.69) is 166 Å². The Labute approximate surface area is 368 Å². The van der Waals surface area contributed by atoms with E-state index in [1.54, 1.807) is 0 Å². The first kappa shape index (κ1) is 50.3. The normalized spacial score (nSPS) is 18.0. The summed E-state index contributed by atoms with van der Waals surface area (Å²) in [6.45, 7) is 5.26. The monoisotopic (exact) mass is 957 g/mol. The van der Waals surface area contributed by atoms with E-state index in [-0.39, 0.29) is 47.1 Å². The van der Waals surface area contributed by atoms with Gasteiger partial charge >= 0.3 is 51.6 Å². The van der Waals surface area contributed by atoms with Crippen molar-refractivity contribution in [2.24, 2.45) is 16.8 Å². The van der Waals surface area contributed by atoms with Gasteiger partial charge in [0.25, 0.3) is 0 Å². The minimum Gasteiger partial charge on any atom is -0.0620 e. The van der Waals surface area contributed by atoms with Gasteiger partial charge in [0, 0.05) is 0 Å². The standard InChI is InChI=1S/C23H28NOP.C18H15P.C5H10.2CH3.2ClH.Fe.Ru/c1-17(2)21-16-25-23(24-21)20-14-9-15-22(20)26(18-10-5-3-6-11-18)19-12-7-4-8-13-19;1-4-10-16(11-5-1)19(17-12-6-2-7-13-17)18-14-8-3-9-15-18;1-2-4-5-3-1;;;;;;/h3-8,10-13,17,20-22H,9,14-16H2,1-2H3;1-15H;1-5H2;2*1H3;2*1H;;/q;;;2*-1;;;2*+2/t20?,21-,22?;;;;;;;;/m1......../s1. The van der Waals surface area contributed by atoms with Crippen LogP contribution in [0.2, 0.25) is 0 Å². The molecule has 2 fully saturated rings. The Morgan fingerprint density at radius 1 is 0.554 bits per heavy atom. The predicted molar refractivity (Wildman–Crippen MR) is 248 cm³/mol. The molecule has 56 heavy (non-hydrogen) atoms. The zero-order valence-electron chi connectivity index (χ0n) is 33.4. The summed E-state index contributed by atoms with van der Waals surface area (Å²) >= 11 is -0.346. The fourth-order valence-electron chi connectivity index (χ4n) is 7.58. The zero-order chi connectivity index (χ0) is 37.1. The maximum absolute atomic E-state index is 6.13. The average molecular weight is 958 g/mol. The molecule has 0 N–H and O–H groups in total. The van der Waals surface area contributed by atoms with Crippen LogP contribution in [-0.4, -0.2) is 24.2 Å². The second kappa shape index (κ2) is 28.6. The van der Waals surface area contributed by atoms with Crippen LogP contribution >= 0.6 is 35.2 Å². The van der Waals surface area contributed by atoms with E-state index in [1.807, 2.05) is 0 Å². The first-order valence-electron chi connectivity index (χ1n) is 19.2.